The van der Waals surface area contributed by atoms with Gasteiger partial charge in [-0.05, 0) is 18.2 Å². The Bertz CT molecular complexity index is 351. The Morgan fingerprint density at radius 3 is 3.17 bits per heavy atom. The summed E-state index contributed by atoms with van der Waals surface area (Å²) in [6.07, 6.45) is 6.01. The first-order valence-corrected chi connectivity index (χ1v) is 4.50. The summed E-state index contributed by atoms with van der Waals surface area (Å²) in [7, 11) is 0. The molecular weight excluding hydrogens is 216 g/mol. The molecule has 0 radical (unpaired) electrons. The Morgan fingerprint density at radius 1 is 1.58 bits per heavy atom. The second-order valence-electron chi connectivity index (χ2n) is 2.73. The van der Waals surface area contributed by atoms with Crippen LogP contribution < -0.4 is 4.74 Å². The van der Waals surface area contributed by atoms with Gasteiger partial charge in [0, 0.05) is 16.5 Å². The van der Waals surface area contributed by atoms with Gasteiger partial charge in [0.05, 0.1) is 0 Å². The maximum Gasteiger partial charge on any atom is 0.163 e. The number of fused-ring (bicyclic) bond motifs is 1. The smallest absolute Gasteiger partial charge is 0.163 e. The minimum absolute atomic E-state index is 0.0747. The lowest BCUT2D eigenvalue weighted by atomic mass is 10.1. The number of halogens is 1. The number of ether oxygens (including phenoxy) is 1. The molecule has 2 heteroatoms. The molecule has 0 fully saturated rings. The zero-order valence-corrected chi connectivity index (χ0v) is 7.97. The molecule has 60 valence electrons. The molecule has 1 atom stereocenters. The van der Waals surface area contributed by atoms with Gasteiger partial charge in [0.15, 0.2) is 6.10 Å². The Morgan fingerprint density at radius 2 is 2.42 bits per heavy atom. The van der Waals surface area contributed by atoms with Gasteiger partial charge in [-0.3, -0.25) is 0 Å². The van der Waals surface area contributed by atoms with Crippen LogP contribution in [0.15, 0.2) is 22.7 Å². The molecule has 1 aliphatic rings. The third kappa shape index (κ3) is 1.21. The van der Waals surface area contributed by atoms with Crippen molar-refractivity contribution < 1.29 is 4.74 Å². The lowest BCUT2D eigenvalue weighted by molar-refractivity contribution is 0.293. The minimum Gasteiger partial charge on any atom is -0.477 e. The summed E-state index contributed by atoms with van der Waals surface area (Å²) in [6.45, 7) is 0. The van der Waals surface area contributed by atoms with Crippen molar-refractivity contribution in [3.8, 4) is 18.1 Å². The predicted octanol–water partition coefficient (Wildman–Crippen LogP) is 2.39. The summed E-state index contributed by atoms with van der Waals surface area (Å²) in [5.74, 6) is 3.51. The number of hydrogen-bond acceptors (Lipinski definition) is 1. The van der Waals surface area contributed by atoms with Crippen LogP contribution in [-0.2, 0) is 6.42 Å². The molecular formula is C10H7BrO. The Labute approximate surface area is 79.9 Å². The van der Waals surface area contributed by atoms with Crippen molar-refractivity contribution in [3.63, 3.8) is 0 Å². The molecule has 0 N–H and O–H groups in total. The topological polar surface area (TPSA) is 9.23 Å². The second kappa shape index (κ2) is 2.84. The molecule has 0 saturated heterocycles. The van der Waals surface area contributed by atoms with Crippen molar-refractivity contribution >= 4 is 15.9 Å². The Hall–Kier alpha value is -0.940. The number of terminal acetylenes is 1. The summed E-state index contributed by atoms with van der Waals surface area (Å²) in [6, 6.07) is 5.95. The predicted molar refractivity (Wildman–Crippen MR) is 51.1 cm³/mol. The molecule has 1 aromatic carbocycles. The third-order valence-corrected chi connectivity index (χ3v) is 2.38. The number of rotatable bonds is 0. The van der Waals surface area contributed by atoms with E-state index in [1.165, 1.54) is 5.56 Å². The summed E-state index contributed by atoms with van der Waals surface area (Å²) >= 11 is 3.40. The molecule has 12 heavy (non-hydrogen) atoms. The fourth-order valence-corrected chi connectivity index (χ4v) is 1.72. The molecule has 1 heterocycles. The first-order valence-electron chi connectivity index (χ1n) is 3.71. The van der Waals surface area contributed by atoms with Crippen LogP contribution in [-0.4, -0.2) is 6.10 Å². The Kier molecular flexibility index (Phi) is 1.82. The van der Waals surface area contributed by atoms with Gasteiger partial charge in [0.2, 0.25) is 0 Å². The van der Waals surface area contributed by atoms with Gasteiger partial charge in [-0.25, -0.2) is 0 Å². The first-order chi connectivity index (χ1) is 5.79. The number of benzene rings is 1. The van der Waals surface area contributed by atoms with Crippen molar-refractivity contribution in [2.45, 2.75) is 12.5 Å². The number of hydrogen-bond donors (Lipinski definition) is 0. The quantitative estimate of drug-likeness (QED) is 0.613. The van der Waals surface area contributed by atoms with Crippen molar-refractivity contribution in [2.24, 2.45) is 0 Å². The van der Waals surface area contributed by atoms with E-state index < -0.39 is 0 Å². The highest BCUT2D eigenvalue weighted by Gasteiger charge is 2.20. The van der Waals surface area contributed by atoms with E-state index in [9.17, 15) is 0 Å². The fraction of sp³-hybridized carbons (Fsp3) is 0.200. The van der Waals surface area contributed by atoms with Crippen LogP contribution in [0.5, 0.6) is 5.75 Å². The van der Waals surface area contributed by atoms with E-state index in [1.807, 2.05) is 18.2 Å². The zero-order valence-electron chi connectivity index (χ0n) is 6.38. The van der Waals surface area contributed by atoms with Gasteiger partial charge < -0.3 is 4.74 Å². The maximum absolute atomic E-state index is 5.45. The van der Waals surface area contributed by atoms with Gasteiger partial charge in [0.25, 0.3) is 0 Å². The third-order valence-electron chi connectivity index (χ3n) is 1.88. The van der Waals surface area contributed by atoms with Crippen molar-refractivity contribution in [2.75, 3.05) is 0 Å². The van der Waals surface area contributed by atoms with Crippen LogP contribution in [0, 0.1) is 12.3 Å². The monoisotopic (exact) mass is 222 g/mol. The summed E-state index contributed by atoms with van der Waals surface area (Å²) in [5.41, 5.74) is 1.19. The molecule has 0 spiro atoms. The normalized spacial score (nSPS) is 19.5. The largest absolute Gasteiger partial charge is 0.477 e. The average molecular weight is 223 g/mol. The van der Waals surface area contributed by atoms with Gasteiger partial charge >= 0.3 is 0 Å². The highest BCUT2D eigenvalue weighted by molar-refractivity contribution is 9.10. The molecule has 1 unspecified atom stereocenters. The van der Waals surface area contributed by atoms with E-state index in [2.05, 4.69) is 21.9 Å². The molecule has 0 saturated carbocycles. The average Bonchev–Trinajstić information content (AvgIpc) is 2.46. The van der Waals surface area contributed by atoms with Gasteiger partial charge in [-0.1, -0.05) is 21.9 Å². The van der Waals surface area contributed by atoms with E-state index in [4.69, 9.17) is 11.2 Å². The van der Waals surface area contributed by atoms with E-state index in [1.54, 1.807) is 0 Å². The van der Waals surface area contributed by atoms with E-state index in [0.29, 0.717) is 0 Å². The molecule has 0 amide bonds. The van der Waals surface area contributed by atoms with E-state index in [0.717, 1.165) is 16.6 Å². The van der Waals surface area contributed by atoms with Gasteiger partial charge in [-0.2, -0.15) is 0 Å². The Balaban J connectivity index is 2.37. The fourth-order valence-electron chi connectivity index (χ4n) is 1.31. The molecule has 1 aromatic rings. The van der Waals surface area contributed by atoms with Crippen molar-refractivity contribution in [1.29, 1.82) is 0 Å². The highest BCUT2D eigenvalue weighted by atomic mass is 79.9. The van der Waals surface area contributed by atoms with Gasteiger partial charge in [-0.15, -0.1) is 6.42 Å². The molecule has 1 nitrogen and oxygen atoms in total. The van der Waals surface area contributed by atoms with Crippen LogP contribution in [0.3, 0.4) is 0 Å². The zero-order chi connectivity index (χ0) is 8.55. The minimum atomic E-state index is -0.0747. The van der Waals surface area contributed by atoms with Crippen LogP contribution in [0.2, 0.25) is 0 Å². The molecule has 2 rings (SSSR count). The molecule has 0 bridgehead atoms. The summed E-state index contributed by atoms with van der Waals surface area (Å²) in [5, 5.41) is 0. The molecule has 0 aromatic heterocycles. The first kappa shape index (κ1) is 7.70. The van der Waals surface area contributed by atoms with Gasteiger partial charge in [0.1, 0.15) is 5.75 Å². The van der Waals surface area contributed by atoms with Crippen LogP contribution >= 0.6 is 15.9 Å². The van der Waals surface area contributed by atoms with Crippen molar-refractivity contribution in [1.82, 2.24) is 0 Å². The lowest BCUT2D eigenvalue weighted by Gasteiger charge is -2.00. The van der Waals surface area contributed by atoms with Crippen LogP contribution in [0.1, 0.15) is 5.56 Å². The lowest BCUT2D eigenvalue weighted by Crippen LogP contribution is -2.08. The molecule has 0 aliphatic carbocycles. The van der Waals surface area contributed by atoms with E-state index in [-0.39, 0.29) is 6.10 Å². The van der Waals surface area contributed by atoms with Crippen LogP contribution in [0.4, 0.5) is 0 Å². The summed E-state index contributed by atoms with van der Waals surface area (Å²) < 4.78 is 6.53. The highest BCUT2D eigenvalue weighted by Crippen LogP contribution is 2.30. The van der Waals surface area contributed by atoms with E-state index >= 15 is 0 Å². The molecule has 1 aliphatic heterocycles. The second-order valence-corrected chi connectivity index (χ2v) is 3.65. The maximum atomic E-state index is 5.45. The van der Waals surface area contributed by atoms with Crippen LogP contribution in [0.25, 0.3) is 0 Å². The standard InChI is InChI=1S/C10H7BrO/c1-2-9-6-7-5-8(11)3-4-10(7)12-9/h1,3-5,9H,6H2. The summed E-state index contributed by atoms with van der Waals surface area (Å²) in [4.78, 5) is 0. The van der Waals surface area contributed by atoms with Crippen molar-refractivity contribution in [3.05, 3.63) is 28.2 Å². The SMILES string of the molecule is C#CC1Cc2cc(Br)ccc2O1.